The number of ether oxygens (including phenoxy) is 4. The smallest absolute Gasteiger partial charge is 0.187 e. The number of nitriles is 1. The summed E-state index contributed by atoms with van der Waals surface area (Å²) < 4.78 is 21.5. The summed E-state index contributed by atoms with van der Waals surface area (Å²) in [6.45, 7) is -0.589. The Bertz CT molecular complexity index is 546. The van der Waals surface area contributed by atoms with E-state index in [2.05, 4.69) is 0 Å². The molecule has 1 aliphatic carbocycles. The molecule has 10 nitrogen and oxygen atoms in total. The van der Waals surface area contributed by atoms with Crippen LogP contribution in [0.5, 0.6) is 0 Å². The molecular weight excluding hydrogens is 350 g/mol. The lowest BCUT2D eigenvalue weighted by Crippen LogP contribution is -2.60. The van der Waals surface area contributed by atoms with E-state index < -0.39 is 55.6 Å². The maximum atomic E-state index is 10.4. The van der Waals surface area contributed by atoms with Crippen molar-refractivity contribution in [3.8, 4) is 6.07 Å². The largest absolute Gasteiger partial charge is 0.509 e. The van der Waals surface area contributed by atoms with Crippen LogP contribution in [0.2, 0.25) is 0 Å². The number of methoxy groups -OCH3 is 2. The van der Waals surface area contributed by atoms with E-state index >= 15 is 0 Å². The highest BCUT2D eigenvalue weighted by Crippen LogP contribution is 2.34. The van der Waals surface area contributed by atoms with Gasteiger partial charge in [-0.25, -0.2) is 0 Å². The molecule has 0 bridgehead atoms. The fourth-order valence-corrected chi connectivity index (χ4v) is 3.25. The molecule has 1 fully saturated rings. The molecule has 1 saturated heterocycles. The van der Waals surface area contributed by atoms with Crippen molar-refractivity contribution < 1.29 is 44.5 Å². The van der Waals surface area contributed by atoms with Crippen LogP contribution >= 0.6 is 0 Å². The molecule has 2 aliphatic rings. The maximum absolute atomic E-state index is 10.4. The Morgan fingerprint density at radius 1 is 1.15 bits per heavy atom. The van der Waals surface area contributed by atoms with E-state index in [0.717, 1.165) is 0 Å². The van der Waals surface area contributed by atoms with Gasteiger partial charge in [0.15, 0.2) is 6.29 Å². The first-order valence-electron chi connectivity index (χ1n) is 8.19. The van der Waals surface area contributed by atoms with Crippen LogP contribution in [0.25, 0.3) is 0 Å². The Morgan fingerprint density at radius 3 is 2.38 bits per heavy atom. The fourth-order valence-electron chi connectivity index (χ4n) is 3.25. The summed E-state index contributed by atoms with van der Waals surface area (Å²) in [5.74, 6) is -0.193. The second kappa shape index (κ2) is 9.07. The van der Waals surface area contributed by atoms with Crippen molar-refractivity contribution in [2.45, 2.75) is 61.9 Å². The van der Waals surface area contributed by atoms with Gasteiger partial charge < -0.3 is 44.5 Å². The molecule has 0 amide bonds. The van der Waals surface area contributed by atoms with Crippen molar-refractivity contribution in [2.75, 3.05) is 20.8 Å². The fraction of sp³-hybridized carbons (Fsp3) is 0.812. The number of rotatable bonds is 6. The van der Waals surface area contributed by atoms with Gasteiger partial charge >= 0.3 is 0 Å². The average Bonchev–Trinajstić information content (AvgIpc) is 2.64. The number of aliphatic hydroxyl groups excluding tert-OH is 5. The second-order valence-corrected chi connectivity index (χ2v) is 6.23. The summed E-state index contributed by atoms with van der Waals surface area (Å²) in [7, 11) is 2.83. The average molecular weight is 375 g/mol. The zero-order chi connectivity index (χ0) is 19.4. The molecule has 0 spiro atoms. The normalized spacial score (nSPS) is 41.1. The van der Waals surface area contributed by atoms with Crippen molar-refractivity contribution in [3.05, 3.63) is 11.3 Å². The second-order valence-electron chi connectivity index (χ2n) is 6.23. The molecule has 5 N–H and O–H groups in total. The van der Waals surface area contributed by atoms with Gasteiger partial charge in [0.25, 0.3) is 0 Å². The van der Waals surface area contributed by atoms with E-state index in [1.54, 1.807) is 0 Å². The third kappa shape index (κ3) is 4.00. The minimum absolute atomic E-state index is 0.149. The van der Waals surface area contributed by atoms with Crippen molar-refractivity contribution >= 4 is 0 Å². The highest BCUT2D eigenvalue weighted by atomic mass is 16.7. The molecule has 26 heavy (non-hydrogen) atoms. The third-order valence-corrected chi connectivity index (χ3v) is 4.74. The first-order valence-corrected chi connectivity index (χ1v) is 8.19. The first-order chi connectivity index (χ1) is 12.4. The van der Waals surface area contributed by atoms with Crippen LogP contribution in [0.4, 0.5) is 0 Å². The van der Waals surface area contributed by atoms with Gasteiger partial charge in [-0.2, -0.15) is 5.26 Å². The van der Waals surface area contributed by atoms with Crippen LogP contribution in [-0.2, 0) is 18.9 Å². The summed E-state index contributed by atoms with van der Waals surface area (Å²) in [6.07, 6.45) is -9.32. The van der Waals surface area contributed by atoms with Gasteiger partial charge in [0.2, 0.25) is 0 Å². The summed E-state index contributed by atoms with van der Waals surface area (Å²) in [6, 6.07) is 1.93. The Balaban J connectivity index is 2.25. The predicted molar refractivity (Wildman–Crippen MR) is 84.7 cm³/mol. The van der Waals surface area contributed by atoms with Gasteiger partial charge in [-0.15, -0.1) is 0 Å². The topological polar surface area (TPSA) is 162 Å². The lowest BCUT2D eigenvalue weighted by Gasteiger charge is -2.42. The molecule has 0 aromatic heterocycles. The third-order valence-electron chi connectivity index (χ3n) is 4.74. The van der Waals surface area contributed by atoms with E-state index in [4.69, 9.17) is 24.2 Å². The number of nitrogens with zero attached hydrogens (tertiary/aromatic N) is 1. The highest BCUT2D eigenvalue weighted by molar-refractivity contribution is 5.25. The number of hydrogen-bond acceptors (Lipinski definition) is 10. The zero-order valence-corrected chi connectivity index (χ0v) is 14.6. The first kappa shape index (κ1) is 21.0. The molecule has 0 aromatic rings. The maximum Gasteiger partial charge on any atom is 0.187 e. The van der Waals surface area contributed by atoms with Crippen LogP contribution in [-0.4, -0.2) is 95.4 Å². The zero-order valence-electron chi connectivity index (χ0n) is 14.6. The molecule has 0 saturated carbocycles. The Kier molecular flexibility index (Phi) is 7.33. The van der Waals surface area contributed by atoms with E-state index in [1.165, 1.54) is 14.2 Å². The van der Waals surface area contributed by atoms with Crippen LogP contribution in [0.3, 0.4) is 0 Å². The molecule has 0 aromatic carbocycles. The molecule has 10 heteroatoms. The SMILES string of the molecule is COC1CC(O[C@@H]2O[C@H](CO)[C@@H](O)[C@H](O)[C@H]2O)C(CC#N)=C(O)C1OC. The van der Waals surface area contributed by atoms with Crippen molar-refractivity contribution in [1.82, 2.24) is 0 Å². The summed E-state index contributed by atoms with van der Waals surface area (Å²) >= 11 is 0. The molecule has 8 atom stereocenters. The van der Waals surface area contributed by atoms with E-state index in [0.29, 0.717) is 0 Å². The van der Waals surface area contributed by atoms with E-state index in [-0.39, 0.29) is 24.2 Å². The quantitative estimate of drug-likeness (QED) is 0.363. The molecule has 148 valence electrons. The molecule has 2 rings (SSSR count). The minimum Gasteiger partial charge on any atom is -0.509 e. The van der Waals surface area contributed by atoms with Gasteiger partial charge in [-0.1, -0.05) is 0 Å². The van der Waals surface area contributed by atoms with Crippen LogP contribution in [0.1, 0.15) is 12.8 Å². The van der Waals surface area contributed by atoms with Crippen molar-refractivity contribution in [1.29, 1.82) is 5.26 Å². The molecule has 3 unspecified atom stereocenters. The van der Waals surface area contributed by atoms with Crippen LogP contribution in [0, 0.1) is 11.3 Å². The summed E-state index contributed by atoms with van der Waals surface area (Å²) in [4.78, 5) is 0. The predicted octanol–water partition coefficient (Wildman–Crippen LogP) is -1.67. The minimum atomic E-state index is -1.59. The Morgan fingerprint density at radius 2 is 1.85 bits per heavy atom. The molecule has 0 radical (unpaired) electrons. The van der Waals surface area contributed by atoms with E-state index in [1.807, 2.05) is 6.07 Å². The Hall–Kier alpha value is -1.29. The van der Waals surface area contributed by atoms with Crippen molar-refractivity contribution in [3.63, 3.8) is 0 Å². The lowest BCUT2D eigenvalue weighted by atomic mass is 9.88. The number of aliphatic hydroxyl groups is 5. The van der Waals surface area contributed by atoms with Gasteiger partial charge in [-0.3, -0.25) is 0 Å². The van der Waals surface area contributed by atoms with Gasteiger partial charge in [0.05, 0.1) is 31.3 Å². The van der Waals surface area contributed by atoms with E-state index in [9.17, 15) is 25.5 Å². The lowest BCUT2D eigenvalue weighted by molar-refractivity contribution is -0.311. The van der Waals surface area contributed by atoms with Gasteiger partial charge in [0.1, 0.15) is 36.3 Å². The summed E-state index contributed by atoms with van der Waals surface area (Å²) in [5, 5.41) is 58.5. The number of hydrogen-bond donors (Lipinski definition) is 5. The molecular formula is C16H25NO9. The molecule has 1 heterocycles. The van der Waals surface area contributed by atoms with Crippen LogP contribution < -0.4 is 0 Å². The molecule has 1 aliphatic heterocycles. The van der Waals surface area contributed by atoms with Crippen molar-refractivity contribution in [2.24, 2.45) is 0 Å². The Labute approximate surface area is 150 Å². The van der Waals surface area contributed by atoms with Gasteiger partial charge in [0, 0.05) is 26.2 Å². The van der Waals surface area contributed by atoms with Gasteiger partial charge in [-0.05, 0) is 0 Å². The summed E-state index contributed by atoms with van der Waals surface area (Å²) in [5.41, 5.74) is 0.254. The van der Waals surface area contributed by atoms with Crippen LogP contribution in [0.15, 0.2) is 11.3 Å². The highest BCUT2D eigenvalue weighted by Gasteiger charge is 2.47. The standard InChI is InChI=1S/C16H25NO9/c1-23-9-5-8(7(3-4-17)11(19)15(9)24-2)25-16-14(22)13(21)12(20)10(6-18)26-16/h8-10,12-16,18-22H,3,5-6H2,1-2H3/t8?,9?,10-,12-,13+,14-,15?,16-/m1/s1. The monoisotopic (exact) mass is 375 g/mol.